The fraction of sp³-hybridized carbons (Fsp3) is 0.364. The molecule has 1 aromatic carbocycles. The van der Waals surface area contributed by atoms with Crippen LogP contribution in [0.25, 0.3) is 0 Å². The van der Waals surface area contributed by atoms with Crippen LogP contribution in [0.3, 0.4) is 0 Å². The second-order valence-electron chi connectivity index (χ2n) is 3.95. The number of benzene rings is 1. The summed E-state index contributed by atoms with van der Waals surface area (Å²) in [7, 11) is 0. The molecule has 4 N–H and O–H groups in total. The van der Waals surface area contributed by atoms with Crippen molar-refractivity contribution in [1.82, 2.24) is 0 Å². The Bertz CT molecular complexity index is 467. The molecule has 0 bridgehead atoms. The normalized spacial score (nSPS) is 20.0. The van der Waals surface area contributed by atoms with Gasteiger partial charge in [-0.25, -0.2) is 0 Å². The highest BCUT2D eigenvalue weighted by molar-refractivity contribution is 9.10. The minimum absolute atomic E-state index is 0.107. The molecule has 17 heavy (non-hydrogen) atoms. The Kier molecular flexibility index (Phi) is 3.77. The third-order valence-corrected chi connectivity index (χ3v) is 4.63. The van der Waals surface area contributed by atoms with E-state index >= 15 is 0 Å². The van der Waals surface area contributed by atoms with Gasteiger partial charge < -0.3 is 16.2 Å². The Labute approximate surface area is 112 Å². The first-order chi connectivity index (χ1) is 8.02. The molecular weight excluding hydrogens is 304 g/mol. The highest BCUT2D eigenvalue weighted by atomic mass is 79.9. The summed E-state index contributed by atoms with van der Waals surface area (Å²) in [5, 5.41) is 11.9. The van der Waals surface area contributed by atoms with Crippen LogP contribution in [0.15, 0.2) is 21.5 Å². The first-order valence-corrected chi connectivity index (χ1v) is 6.87. The van der Waals surface area contributed by atoms with Gasteiger partial charge in [0.2, 0.25) is 5.91 Å². The number of carbonyl (C=O) groups excluding carboxylic acids is 1. The van der Waals surface area contributed by atoms with E-state index in [-0.39, 0.29) is 17.8 Å². The van der Waals surface area contributed by atoms with Gasteiger partial charge in [-0.2, -0.15) is 0 Å². The minimum atomic E-state index is -0.587. The minimum Gasteiger partial charge on any atom is -0.395 e. The van der Waals surface area contributed by atoms with E-state index in [4.69, 9.17) is 10.8 Å². The van der Waals surface area contributed by atoms with Gasteiger partial charge in [0.25, 0.3) is 0 Å². The molecule has 1 aromatic rings. The topological polar surface area (TPSA) is 75.3 Å². The molecule has 0 aliphatic carbocycles. The number of hydrogen-bond donors (Lipinski definition) is 3. The van der Waals surface area contributed by atoms with Gasteiger partial charge in [0.05, 0.1) is 6.61 Å². The molecule has 1 aliphatic rings. The van der Waals surface area contributed by atoms with Crippen LogP contribution in [-0.2, 0) is 4.79 Å². The summed E-state index contributed by atoms with van der Waals surface area (Å²) < 4.78 is 0.897. The third-order valence-electron chi connectivity index (χ3n) is 2.56. The van der Waals surface area contributed by atoms with Crippen molar-refractivity contribution in [3.63, 3.8) is 0 Å². The van der Waals surface area contributed by atoms with Gasteiger partial charge >= 0.3 is 0 Å². The molecule has 6 heteroatoms. The van der Waals surface area contributed by atoms with Crippen molar-refractivity contribution in [1.29, 1.82) is 0 Å². The van der Waals surface area contributed by atoms with Gasteiger partial charge in [0, 0.05) is 25.9 Å². The fourth-order valence-corrected chi connectivity index (χ4v) is 3.14. The van der Waals surface area contributed by atoms with Crippen molar-refractivity contribution in [3.05, 3.63) is 22.2 Å². The Morgan fingerprint density at radius 1 is 1.65 bits per heavy atom. The summed E-state index contributed by atoms with van der Waals surface area (Å²) in [5.41, 5.74) is 7.33. The summed E-state index contributed by atoms with van der Waals surface area (Å²) in [4.78, 5) is 12.4. The van der Waals surface area contributed by atoms with Crippen LogP contribution < -0.4 is 11.1 Å². The van der Waals surface area contributed by atoms with Crippen LogP contribution in [0.1, 0.15) is 18.5 Å². The molecule has 0 saturated carbocycles. The Morgan fingerprint density at radius 3 is 3.00 bits per heavy atom. The lowest BCUT2D eigenvalue weighted by atomic mass is 10.1. The van der Waals surface area contributed by atoms with E-state index in [1.165, 1.54) is 0 Å². The summed E-state index contributed by atoms with van der Waals surface area (Å²) in [6, 6.07) is 3.17. The smallest absolute Gasteiger partial charge is 0.245 e. The van der Waals surface area contributed by atoms with E-state index in [1.54, 1.807) is 11.8 Å². The number of nitrogens with one attached hydrogen (secondary N) is 1. The second kappa shape index (κ2) is 4.97. The van der Waals surface area contributed by atoms with Crippen LogP contribution in [0.5, 0.6) is 0 Å². The van der Waals surface area contributed by atoms with Crippen LogP contribution in [0.2, 0.25) is 0 Å². The maximum Gasteiger partial charge on any atom is 0.245 e. The highest BCUT2D eigenvalue weighted by Gasteiger charge is 2.28. The number of nitrogens with two attached hydrogens (primary N) is 1. The first-order valence-electron chi connectivity index (χ1n) is 5.20. The van der Waals surface area contributed by atoms with Gasteiger partial charge in [0.15, 0.2) is 0 Å². The van der Waals surface area contributed by atoms with Gasteiger partial charge in [-0.05, 0) is 28.1 Å². The van der Waals surface area contributed by atoms with Gasteiger partial charge in [0.1, 0.15) is 6.04 Å². The number of thioether (sulfide) groups is 1. The van der Waals surface area contributed by atoms with Crippen molar-refractivity contribution < 1.29 is 9.90 Å². The van der Waals surface area contributed by atoms with Crippen LogP contribution in [-0.4, -0.2) is 22.9 Å². The quantitative estimate of drug-likeness (QED) is 0.744. The molecule has 1 heterocycles. The van der Waals surface area contributed by atoms with Crippen LogP contribution in [0, 0.1) is 0 Å². The molecule has 92 valence electrons. The number of aliphatic hydroxyl groups is 1. The molecule has 1 amide bonds. The lowest BCUT2D eigenvalue weighted by molar-refractivity contribution is -0.116. The molecule has 0 aromatic heterocycles. The van der Waals surface area contributed by atoms with Crippen molar-refractivity contribution in [2.24, 2.45) is 5.73 Å². The summed E-state index contributed by atoms with van der Waals surface area (Å²) in [6.45, 7) is 2.05. The molecule has 2 atom stereocenters. The van der Waals surface area contributed by atoms with E-state index in [1.807, 2.05) is 19.1 Å². The third kappa shape index (κ3) is 2.49. The van der Waals surface area contributed by atoms with Gasteiger partial charge in [-0.15, -0.1) is 11.8 Å². The maximum absolute atomic E-state index is 11.4. The van der Waals surface area contributed by atoms with E-state index in [2.05, 4.69) is 21.2 Å². The number of amides is 1. The van der Waals surface area contributed by atoms with Crippen LogP contribution >= 0.6 is 27.7 Å². The zero-order valence-corrected chi connectivity index (χ0v) is 11.6. The summed E-state index contributed by atoms with van der Waals surface area (Å²) >= 11 is 5.01. The lowest BCUT2D eigenvalue weighted by Crippen LogP contribution is -2.19. The molecule has 0 spiro atoms. The van der Waals surface area contributed by atoms with E-state index in [0.29, 0.717) is 0 Å². The second-order valence-corrected chi connectivity index (χ2v) is 6.28. The number of aliphatic hydroxyl groups excluding tert-OH is 1. The predicted molar refractivity (Wildman–Crippen MR) is 72.1 cm³/mol. The molecule has 0 fully saturated rings. The average molecular weight is 317 g/mol. The molecule has 4 nitrogen and oxygen atoms in total. The molecule has 2 rings (SSSR count). The van der Waals surface area contributed by atoms with Gasteiger partial charge in [-0.3, -0.25) is 4.79 Å². The zero-order chi connectivity index (χ0) is 12.6. The molecule has 0 saturated heterocycles. The zero-order valence-electron chi connectivity index (χ0n) is 9.24. The largest absolute Gasteiger partial charge is 0.395 e. The van der Waals surface area contributed by atoms with Gasteiger partial charge in [-0.1, -0.05) is 6.92 Å². The summed E-state index contributed by atoms with van der Waals surface area (Å²) in [5.74, 6) is -0.177. The standard InChI is InChI=1S/C11H13BrN2O2S/c1-5(4-15)17-9-3-8-6(2-7(9)12)10(13)11(16)14-8/h2-3,5,10,15H,4,13H2,1H3,(H,14,16). The van der Waals surface area contributed by atoms with Crippen molar-refractivity contribution in [2.45, 2.75) is 23.1 Å². The Morgan fingerprint density at radius 2 is 2.35 bits per heavy atom. The fourth-order valence-electron chi connectivity index (χ4n) is 1.63. The number of fused-ring (bicyclic) bond motifs is 1. The molecule has 1 aliphatic heterocycles. The molecular formula is C11H13BrN2O2S. The monoisotopic (exact) mass is 316 g/mol. The lowest BCUT2D eigenvalue weighted by Gasteiger charge is -2.11. The highest BCUT2D eigenvalue weighted by Crippen LogP contribution is 2.39. The van der Waals surface area contributed by atoms with E-state index < -0.39 is 6.04 Å². The number of carbonyl (C=O) groups is 1. The Balaban J connectivity index is 2.33. The predicted octanol–water partition coefficient (Wildman–Crippen LogP) is 1.87. The number of rotatable bonds is 3. The maximum atomic E-state index is 11.4. The number of anilines is 1. The first kappa shape index (κ1) is 12.9. The SMILES string of the molecule is CC(CO)Sc1cc2c(cc1Br)C(N)C(=O)N2. The van der Waals surface area contributed by atoms with Crippen molar-refractivity contribution >= 4 is 39.3 Å². The number of hydrogen-bond acceptors (Lipinski definition) is 4. The molecule has 2 unspecified atom stereocenters. The van der Waals surface area contributed by atoms with E-state index in [9.17, 15) is 4.79 Å². The summed E-state index contributed by atoms with van der Waals surface area (Å²) in [6.07, 6.45) is 0. The van der Waals surface area contributed by atoms with Crippen LogP contribution in [0.4, 0.5) is 5.69 Å². The Hall–Kier alpha value is -0.560. The van der Waals surface area contributed by atoms with E-state index in [0.717, 1.165) is 20.6 Å². The van der Waals surface area contributed by atoms with Crippen molar-refractivity contribution in [2.75, 3.05) is 11.9 Å². The average Bonchev–Trinajstić information content (AvgIpc) is 2.56. The van der Waals surface area contributed by atoms with Crippen molar-refractivity contribution in [3.8, 4) is 0 Å². The number of halogens is 1. The molecule has 0 radical (unpaired) electrons.